The summed E-state index contributed by atoms with van der Waals surface area (Å²) in [7, 11) is 1.44. The van der Waals surface area contributed by atoms with E-state index in [0.29, 0.717) is 17.1 Å². The summed E-state index contributed by atoms with van der Waals surface area (Å²) in [4.78, 5) is 24.4. The highest BCUT2D eigenvalue weighted by atomic mass is 16.6. The third kappa shape index (κ3) is 5.48. The third-order valence-corrected chi connectivity index (χ3v) is 4.33. The van der Waals surface area contributed by atoms with E-state index in [0.717, 1.165) is 0 Å². The summed E-state index contributed by atoms with van der Waals surface area (Å²) in [6.07, 6.45) is -0.258. The van der Waals surface area contributed by atoms with E-state index in [4.69, 9.17) is 29.4 Å². The van der Waals surface area contributed by atoms with Crippen LogP contribution in [0.1, 0.15) is 39.2 Å². The fourth-order valence-corrected chi connectivity index (χ4v) is 3.10. The molecule has 0 saturated heterocycles. The average Bonchev–Trinajstić information content (AvgIpc) is 2.71. The highest BCUT2D eigenvalue weighted by Gasteiger charge is 2.36. The Labute approximate surface area is 181 Å². The van der Waals surface area contributed by atoms with Crippen molar-refractivity contribution in [3.63, 3.8) is 0 Å². The predicted octanol–water partition coefficient (Wildman–Crippen LogP) is 2.67. The molecule has 1 atom stereocenters. The van der Waals surface area contributed by atoms with E-state index in [1.165, 1.54) is 7.11 Å². The maximum Gasteiger partial charge on any atom is 0.344 e. The molecule has 1 aliphatic heterocycles. The summed E-state index contributed by atoms with van der Waals surface area (Å²) in [6.45, 7) is 6.60. The van der Waals surface area contributed by atoms with Crippen LogP contribution in [0.15, 0.2) is 41.0 Å². The Hall–Kier alpha value is -3.67. The first-order chi connectivity index (χ1) is 14.7. The van der Waals surface area contributed by atoms with Gasteiger partial charge in [0.05, 0.1) is 31.3 Å². The lowest BCUT2D eigenvalue weighted by Gasteiger charge is -2.27. The number of carbonyl (C=O) groups is 2. The summed E-state index contributed by atoms with van der Waals surface area (Å²) < 4.78 is 26.5. The van der Waals surface area contributed by atoms with E-state index in [2.05, 4.69) is 0 Å². The molecule has 2 rings (SSSR count). The third-order valence-electron chi connectivity index (χ3n) is 4.33. The van der Waals surface area contributed by atoms with E-state index < -0.39 is 17.9 Å². The van der Waals surface area contributed by atoms with Gasteiger partial charge in [-0.2, -0.15) is 5.26 Å². The van der Waals surface area contributed by atoms with Crippen LogP contribution in [-0.2, 0) is 23.8 Å². The molecule has 0 aliphatic carbocycles. The van der Waals surface area contributed by atoms with E-state index in [9.17, 15) is 14.9 Å². The molecule has 2 N–H and O–H groups in total. The summed E-state index contributed by atoms with van der Waals surface area (Å²) in [5.74, 6) is -1.18. The van der Waals surface area contributed by atoms with Crippen LogP contribution in [0.25, 0.3) is 0 Å². The second kappa shape index (κ2) is 10.4. The standard InChI is InChI=1S/C22H26N2O7/c1-6-28-22(26)19-13(4)31-21(24)15(10-23)20(19)14-7-8-16(17(9-14)27-5)29-11-18(25)30-12(2)3/h7-9,12,20H,6,11,24H2,1-5H3. The fraction of sp³-hybridized carbons (Fsp3) is 0.409. The van der Waals surface area contributed by atoms with Gasteiger partial charge < -0.3 is 29.4 Å². The van der Waals surface area contributed by atoms with Crippen molar-refractivity contribution in [2.45, 2.75) is 39.7 Å². The van der Waals surface area contributed by atoms with Gasteiger partial charge in [-0.05, 0) is 45.4 Å². The Kier molecular flexibility index (Phi) is 7.91. The van der Waals surface area contributed by atoms with Crippen molar-refractivity contribution in [3.8, 4) is 17.6 Å². The van der Waals surface area contributed by atoms with Gasteiger partial charge in [0.1, 0.15) is 17.4 Å². The number of nitrogens with zero attached hydrogens (tertiary/aromatic N) is 1. The Bertz CT molecular complexity index is 957. The van der Waals surface area contributed by atoms with Gasteiger partial charge in [-0.15, -0.1) is 0 Å². The second-order valence-corrected chi connectivity index (χ2v) is 6.85. The van der Waals surface area contributed by atoms with Crippen LogP contribution in [0.2, 0.25) is 0 Å². The van der Waals surface area contributed by atoms with Crippen molar-refractivity contribution in [1.82, 2.24) is 0 Å². The number of hydrogen-bond acceptors (Lipinski definition) is 9. The highest BCUT2D eigenvalue weighted by Crippen LogP contribution is 2.42. The topological polar surface area (TPSA) is 130 Å². The van der Waals surface area contributed by atoms with Crippen LogP contribution in [-0.4, -0.2) is 38.4 Å². The number of allylic oxidation sites excluding steroid dienone is 2. The number of ether oxygens (including phenoxy) is 5. The smallest absolute Gasteiger partial charge is 0.344 e. The molecule has 0 amide bonds. The van der Waals surface area contributed by atoms with Crippen molar-refractivity contribution in [2.24, 2.45) is 5.73 Å². The molecule has 0 spiro atoms. The van der Waals surface area contributed by atoms with E-state index >= 15 is 0 Å². The summed E-state index contributed by atoms with van der Waals surface area (Å²) in [5, 5.41) is 9.66. The van der Waals surface area contributed by atoms with Crippen LogP contribution in [0, 0.1) is 11.3 Å². The molecular formula is C22H26N2O7. The van der Waals surface area contributed by atoms with Crippen molar-refractivity contribution < 1.29 is 33.3 Å². The molecule has 1 heterocycles. The number of esters is 2. The van der Waals surface area contributed by atoms with E-state index in [-0.39, 0.29) is 42.1 Å². The maximum absolute atomic E-state index is 12.6. The zero-order valence-electron chi connectivity index (χ0n) is 18.2. The van der Waals surface area contributed by atoms with E-state index in [1.807, 2.05) is 6.07 Å². The van der Waals surface area contributed by atoms with Crippen LogP contribution in [0.4, 0.5) is 0 Å². The first kappa shape index (κ1) is 23.6. The van der Waals surface area contributed by atoms with Gasteiger partial charge in [0, 0.05) is 0 Å². The summed E-state index contributed by atoms with van der Waals surface area (Å²) >= 11 is 0. The Morgan fingerprint density at radius 3 is 2.58 bits per heavy atom. The van der Waals surface area contributed by atoms with Gasteiger partial charge in [-0.1, -0.05) is 6.07 Å². The zero-order valence-corrected chi connectivity index (χ0v) is 18.2. The quantitative estimate of drug-likeness (QED) is 0.618. The SMILES string of the molecule is CCOC(=O)C1=C(C)OC(N)=C(C#N)C1c1ccc(OCC(=O)OC(C)C)c(OC)c1. The number of nitriles is 1. The normalized spacial score (nSPS) is 15.8. The molecule has 1 aliphatic rings. The molecule has 1 aromatic rings. The van der Waals surface area contributed by atoms with Crippen LogP contribution >= 0.6 is 0 Å². The molecule has 1 unspecified atom stereocenters. The van der Waals surface area contributed by atoms with Gasteiger partial charge >= 0.3 is 11.9 Å². The molecule has 31 heavy (non-hydrogen) atoms. The lowest BCUT2D eigenvalue weighted by molar-refractivity contribution is -0.149. The Morgan fingerprint density at radius 2 is 2.00 bits per heavy atom. The van der Waals surface area contributed by atoms with Crippen LogP contribution in [0.5, 0.6) is 11.5 Å². The molecule has 0 aromatic heterocycles. The second-order valence-electron chi connectivity index (χ2n) is 6.85. The number of rotatable bonds is 8. The Morgan fingerprint density at radius 1 is 1.29 bits per heavy atom. The molecule has 0 radical (unpaired) electrons. The maximum atomic E-state index is 12.6. The van der Waals surface area contributed by atoms with Gasteiger partial charge in [0.2, 0.25) is 5.88 Å². The minimum atomic E-state index is -0.813. The van der Waals surface area contributed by atoms with Crippen LogP contribution < -0.4 is 15.2 Å². The average molecular weight is 430 g/mol. The fourth-order valence-electron chi connectivity index (χ4n) is 3.10. The minimum Gasteiger partial charge on any atom is -0.493 e. The van der Waals surface area contributed by atoms with Gasteiger partial charge in [-0.3, -0.25) is 0 Å². The number of carbonyl (C=O) groups excluding carboxylic acids is 2. The van der Waals surface area contributed by atoms with E-state index in [1.54, 1.807) is 45.9 Å². The van der Waals surface area contributed by atoms with Gasteiger partial charge in [0.25, 0.3) is 0 Å². The molecule has 1 aromatic carbocycles. The minimum absolute atomic E-state index is 0.0740. The molecule has 0 saturated carbocycles. The summed E-state index contributed by atoms with van der Waals surface area (Å²) in [6, 6.07) is 6.85. The van der Waals surface area contributed by atoms with Crippen molar-refractivity contribution in [2.75, 3.05) is 20.3 Å². The largest absolute Gasteiger partial charge is 0.493 e. The number of hydrogen-bond donors (Lipinski definition) is 1. The predicted molar refractivity (Wildman–Crippen MR) is 110 cm³/mol. The molecule has 9 heteroatoms. The van der Waals surface area contributed by atoms with Crippen molar-refractivity contribution >= 4 is 11.9 Å². The first-order valence-corrected chi connectivity index (χ1v) is 9.69. The summed E-state index contributed by atoms with van der Waals surface area (Å²) in [5.41, 5.74) is 6.69. The molecule has 0 fully saturated rings. The lowest BCUT2D eigenvalue weighted by atomic mass is 9.83. The van der Waals surface area contributed by atoms with Crippen LogP contribution in [0.3, 0.4) is 0 Å². The lowest BCUT2D eigenvalue weighted by Crippen LogP contribution is -2.25. The Balaban J connectivity index is 2.43. The number of benzene rings is 1. The van der Waals surface area contributed by atoms with Crippen molar-refractivity contribution in [1.29, 1.82) is 5.26 Å². The van der Waals surface area contributed by atoms with Gasteiger partial charge in [-0.25, -0.2) is 9.59 Å². The molecule has 0 bridgehead atoms. The molecule has 9 nitrogen and oxygen atoms in total. The number of nitrogens with two attached hydrogens (primary N) is 1. The molecule has 166 valence electrons. The monoisotopic (exact) mass is 430 g/mol. The van der Waals surface area contributed by atoms with Gasteiger partial charge in [0.15, 0.2) is 18.1 Å². The molecular weight excluding hydrogens is 404 g/mol. The highest BCUT2D eigenvalue weighted by molar-refractivity contribution is 5.92. The first-order valence-electron chi connectivity index (χ1n) is 9.69. The van der Waals surface area contributed by atoms with Crippen molar-refractivity contribution in [3.05, 3.63) is 46.6 Å². The number of methoxy groups -OCH3 is 1. The zero-order chi connectivity index (χ0) is 23.1.